The second-order valence-electron chi connectivity index (χ2n) is 7.14. The van der Waals surface area contributed by atoms with Gasteiger partial charge in [0.2, 0.25) is 6.79 Å². The molecule has 0 fully saturated rings. The van der Waals surface area contributed by atoms with Crippen molar-refractivity contribution in [2.24, 2.45) is 4.99 Å². The van der Waals surface area contributed by atoms with Crippen LogP contribution < -0.4 is 20.1 Å². The van der Waals surface area contributed by atoms with Crippen molar-refractivity contribution in [1.29, 1.82) is 0 Å². The molecule has 3 heterocycles. The molecule has 4 rings (SSSR count). The summed E-state index contributed by atoms with van der Waals surface area (Å²) in [5.74, 6) is 3.45. The average Bonchev–Trinajstić information content (AvgIpc) is 3.54. The fourth-order valence-electron chi connectivity index (χ4n) is 3.36. The fraction of sp³-hybridized carbons (Fsp3) is 0.409. The molecule has 2 aromatic heterocycles. The Morgan fingerprint density at radius 2 is 2.03 bits per heavy atom. The topological polar surface area (TPSA) is 85.6 Å². The number of nitrogens with one attached hydrogen (secondary N) is 2. The Bertz CT molecular complexity index is 992. The first kappa shape index (κ1) is 24.3. The molecule has 8 nitrogen and oxygen atoms in total. The Morgan fingerprint density at radius 3 is 2.88 bits per heavy atom. The SMILES string of the molecule is CCc1nncn1CCNC(=NCCc1cccs1)NCCc1ccc2c(c1)OCO2.I. The van der Waals surface area contributed by atoms with Crippen LogP contribution in [-0.2, 0) is 25.8 Å². The van der Waals surface area contributed by atoms with Crippen LogP contribution in [0.5, 0.6) is 11.5 Å². The Morgan fingerprint density at radius 1 is 1.16 bits per heavy atom. The fourth-order valence-corrected chi connectivity index (χ4v) is 4.06. The van der Waals surface area contributed by atoms with Gasteiger partial charge >= 0.3 is 0 Å². The molecule has 0 amide bonds. The summed E-state index contributed by atoms with van der Waals surface area (Å²) in [4.78, 5) is 6.11. The van der Waals surface area contributed by atoms with Crippen LogP contribution >= 0.6 is 35.3 Å². The van der Waals surface area contributed by atoms with E-state index in [1.54, 1.807) is 17.7 Å². The van der Waals surface area contributed by atoms with Crippen LogP contribution in [0.1, 0.15) is 23.2 Å². The lowest BCUT2D eigenvalue weighted by atomic mass is 10.1. The highest BCUT2D eigenvalue weighted by Gasteiger charge is 2.13. The molecular formula is C22H29IN6O2S. The van der Waals surface area contributed by atoms with Crippen LogP contribution in [0.3, 0.4) is 0 Å². The van der Waals surface area contributed by atoms with Gasteiger partial charge in [0.05, 0.1) is 0 Å². The van der Waals surface area contributed by atoms with E-state index in [0.29, 0.717) is 6.79 Å². The van der Waals surface area contributed by atoms with Crippen molar-refractivity contribution >= 4 is 41.3 Å². The van der Waals surface area contributed by atoms with Gasteiger partial charge in [-0.1, -0.05) is 19.1 Å². The van der Waals surface area contributed by atoms with Crippen molar-refractivity contribution in [3.63, 3.8) is 0 Å². The molecule has 0 aliphatic carbocycles. The van der Waals surface area contributed by atoms with E-state index in [-0.39, 0.29) is 24.0 Å². The molecule has 0 bridgehead atoms. The zero-order chi connectivity index (χ0) is 21.3. The van der Waals surface area contributed by atoms with Crippen molar-refractivity contribution in [2.75, 3.05) is 26.4 Å². The van der Waals surface area contributed by atoms with Gasteiger partial charge in [0, 0.05) is 43.9 Å². The third-order valence-corrected chi connectivity index (χ3v) is 5.94. The predicted molar refractivity (Wildman–Crippen MR) is 137 cm³/mol. The third kappa shape index (κ3) is 6.83. The van der Waals surface area contributed by atoms with E-state index in [0.717, 1.165) is 68.7 Å². The summed E-state index contributed by atoms with van der Waals surface area (Å²) in [5.41, 5.74) is 1.20. The van der Waals surface area contributed by atoms with Gasteiger partial charge in [-0.05, 0) is 35.6 Å². The van der Waals surface area contributed by atoms with Crippen LogP contribution in [0.25, 0.3) is 0 Å². The lowest BCUT2D eigenvalue weighted by Gasteiger charge is -2.13. The maximum absolute atomic E-state index is 5.47. The standard InChI is InChI=1S/C22H28N6O2S.HI/c1-2-21-27-26-15-28(21)12-11-25-22(24-10-8-18-4-3-13-31-18)23-9-7-17-5-6-19-20(14-17)30-16-29-19;/h3-6,13-15H,2,7-12,16H2,1H3,(H2,23,24,25);1H. The van der Waals surface area contributed by atoms with Gasteiger partial charge in [0.25, 0.3) is 0 Å². The number of benzene rings is 1. The molecular weight excluding hydrogens is 539 g/mol. The molecule has 32 heavy (non-hydrogen) atoms. The second kappa shape index (κ2) is 12.6. The van der Waals surface area contributed by atoms with E-state index in [4.69, 9.17) is 14.5 Å². The maximum atomic E-state index is 5.47. The summed E-state index contributed by atoms with van der Waals surface area (Å²) in [6.07, 6.45) is 4.46. The molecule has 0 unspecified atom stereocenters. The predicted octanol–water partition coefficient (Wildman–Crippen LogP) is 3.27. The molecule has 0 radical (unpaired) electrons. The van der Waals surface area contributed by atoms with Crippen molar-refractivity contribution in [3.8, 4) is 11.5 Å². The molecule has 1 aliphatic rings. The molecule has 1 aliphatic heterocycles. The van der Waals surface area contributed by atoms with Gasteiger partial charge in [0.1, 0.15) is 12.2 Å². The Hall–Kier alpha value is -2.34. The number of hydrogen-bond donors (Lipinski definition) is 2. The van der Waals surface area contributed by atoms with Gasteiger partial charge in [-0.3, -0.25) is 4.99 Å². The summed E-state index contributed by atoms with van der Waals surface area (Å²) in [6.45, 7) is 5.45. The van der Waals surface area contributed by atoms with Crippen molar-refractivity contribution in [3.05, 3.63) is 58.3 Å². The lowest BCUT2D eigenvalue weighted by Crippen LogP contribution is -2.40. The van der Waals surface area contributed by atoms with Gasteiger partial charge in [-0.2, -0.15) is 0 Å². The van der Waals surface area contributed by atoms with E-state index < -0.39 is 0 Å². The van der Waals surface area contributed by atoms with Crippen molar-refractivity contribution in [2.45, 2.75) is 32.7 Å². The Kier molecular flexibility index (Phi) is 9.60. The Balaban J connectivity index is 0.00000289. The molecule has 0 atom stereocenters. The largest absolute Gasteiger partial charge is 0.454 e. The third-order valence-electron chi connectivity index (χ3n) is 5.01. The first-order valence-corrected chi connectivity index (χ1v) is 11.5. The monoisotopic (exact) mass is 568 g/mol. The molecule has 0 saturated heterocycles. The number of thiophene rings is 1. The minimum absolute atomic E-state index is 0. The second-order valence-corrected chi connectivity index (χ2v) is 8.18. The Labute approximate surface area is 209 Å². The first-order chi connectivity index (χ1) is 15.3. The smallest absolute Gasteiger partial charge is 0.231 e. The van der Waals surface area contributed by atoms with Crippen molar-refractivity contribution in [1.82, 2.24) is 25.4 Å². The number of hydrogen-bond acceptors (Lipinski definition) is 6. The van der Waals surface area contributed by atoms with Crippen LogP contribution in [0.2, 0.25) is 0 Å². The average molecular weight is 568 g/mol. The first-order valence-electron chi connectivity index (χ1n) is 10.6. The highest BCUT2D eigenvalue weighted by Crippen LogP contribution is 2.32. The summed E-state index contributed by atoms with van der Waals surface area (Å²) >= 11 is 1.77. The van der Waals surface area contributed by atoms with Gasteiger partial charge in [-0.25, -0.2) is 0 Å². The highest BCUT2D eigenvalue weighted by molar-refractivity contribution is 14.0. The van der Waals surface area contributed by atoms with E-state index >= 15 is 0 Å². The maximum Gasteiger partial charge on any atom is 0.231 e. The zero-order valence-electron chi connectivity index (χ0n) is 18.1. The van der Waals surface area contributed by atoms with Crippen LogP contribution in [-0.4, -0.2) is 47.2 Å². The van der Waals surface area contributed by atoms with E-state index in [2.05, 4.69) is 55.9 Å². The van der Waals surface area contributed by atoms with E-state index in [9.17, 15) is 0 Å². The van der Waals surface area contributed by atoms with E-state index in [1.807, 2.05) is 12.1 Å². The quantitative estimate of drug-likeness (QED) is 0.222. The van der Waals surface area contributed by atoms with Gasteiger partial charge < -0.3 is 24.7 Å². The van der Waals surface area contributed by atoms with Crippen LogP contribution in [0, 0.1) is 0 Å². The summed E-state index contributed by atoms with van der Waals surface area (Å²) in [5, 5.41) is 17.1. The zero-order valence-corrected chi connectivity index (χ0v) is 21.3. The normalized spacial score (nSPS) is 12.5. The van der Waals surface area contributed by atoms with Gasteiger partial charge in [0.15, 0.2) is 17.5 Å². The molecule has 0 spiro atoms. The van der Waals surface area contributed by atoms with Gasteiger partial charge in [-0.15, -0.1) is 45.5 Å². The number of aryl methyl sites for hydroxylation is 1. The minimum Gasteiger partial charge on any atom is -0.454 e. The van der Waals surface area contributed by atoms with Crippen LogP contribution in [0.4, 0.5) is 0 Å². The minimum atomic E-state index is 0. The van der Waals surface area contributed by atoms with Crippen molar-refractivity contribution < 1.29 is 9.47 Å². The van der Waals surface area contributed by atoms with Crippen LogP contribution in [0.15, 0.2) is 47.0 Å². The highest BCUT2D eigenvalue weighted by atomic mass is 127. The molecule has 3 aromatic rings. The number of halogens is 1. The number of ether oxygens (including phenoxy) is 2. The number of guanidine groups is 1. The molecule has 10 heteroatoms. The lowest BCUT2D eigenvalue weighted by molar-refractivity contribution is 0.174. The molecule has 1 aromatic carbocycles. The number of fused-ring (bicyclic) bond motifs is 1. The number of aromatic nitrogens is 3. The molecule has 0 saturated carbocycles. The summed E-state index contributed by atoms with van der Waals surface area (Å²) < 4.78 is 12.9. The molecule has 2 N–H and O–H groups in total. The number of rotatable bonds is 10. The summed E-state index contributed by atoms with van der Waals surface area (Å²) in [6, 6.07) is 10.3. The number of nitrogens with zero attached hydrogens (tertiary/aromatic N) is 4. The summed E-state index contributed by atoms with van der Waals surface area (Å²) in [7, 11) is 0. The molecule has 172 valence electrons. The van der Waals surface area contributed by atoms with E-state index in [1.165, 1.54) is 10.4 Å². The number of aliphatic imine (C=N–C) groups is 1.